The Kier molecular flexibility index (Phi) is 5.40. The van der Waals surface area contributed by atoms with Crippen LogP contribution in [-0.4, -0.2) is 46.2 Å². The number of nitrogens with zero attached hydrogens (tertiary/aromatic N) is 1. The number of carboxylic acids is 1. The van der Waals surface area contributed by atoms with E-state index in [0.29, 0.717) is 19.4 Å². The molecule has 0 heterocycles. The number of amides is 1. The molecule has 0 aliphatic heterocycles. The van der Waals surface area contributed by atoms with Crippen LogP contribution < -0.4 is 0 Å². The van der Waals surface area contributed by atoms with Gasteiger partial charge in [-0.05, 0) is 25.7 Å². The molecule has 20 heavy (non-hydrogen) atoms. The van der Waals surface area contributed by atoms with Crippen molar-refractivity contribution in [1.82, 2.24) is 4.90 Å². The maximum atomic E-state index is 12.7. The number of aliphatic hydroxyl groups excluding tert-OH is 1. The van der Waals surface area contributed by atoms with E-state index in [-0.39, 0.29) is 18.6 Å². The third kappa shape index (κ3) is 3.32. The monoisotopic (exact) mass is 283 g/mol. The molecule has 2 aliphatic carbocycles. The summed E-state index contributed by atoms with van der Waals surface area (Å²) in [6.45, 7) is 0.291. The molecule has 1 amide bonds. The van der Waals surface area contributed by atoms with E-state index < -0.39 is 17.8 Å². The minimum Gasteiger partial charge on any atom is -0.481 e. The third-order valence-electron chi connectivity index (χ3n) is 4.79. The van der Waals surface area contributed by atoms with Crippen molar-refractivity contribution in [2.45, 2.75) is 57.4 Å². The second-order valence-corrected chi connectivity index (χ2v) is 6.03. The molecule has 114 valence electrons. The van der Waals surface area contributed by atoms with Crippen LogP contribution in [0.2, 0.25) is 0 Å². The van der Waals surface area contributed by atoms with E-state index in [2.05, 4.69) is 0 Å². The number of carbonyl (C=O) groups is 2. The summed E-state index contributed by atoms with van der Waals surface area (Å²) in [6, 6.07) is 0.200. The molecule has 2 N–H and O–H groups in total. The van der Waals surface area contributed by atoms with Gasteiger partial charge in [0.1, 0.15) is 0 Å². The average Bonchev–Trinajstić information content (AvgIpc) is 2.98. The van der Waals surface area contributed by atoms with E-state index in [1.54, 1.807) is 4.90 Å². The first-order chi connectivity index (χ1) is 9.65. The molecule has 0 unspecified atom stereocenters. The van der Waals surface area contributed by atoms with E-state index in [4.69, 9.17) is 0 Å². The van der Waals surface area contributed by atoms with Gasteiger partial charge in [-0.3, -0.25) is 9.59 Å². The molecule has 0 aromatic rings. The molecule has 0 spiro atoms. The lowest BCUT2D eigenvalue weighted by atomic mass is 9.78. The zero-order chi connectivity index (χ0) is 14.5. The topological polar surface area (TPSA) is 77.8 Å². The highest BCUT2D eigenvalue weighted by molar-refractivity contribution is 5.85. The fourth-order valence-electron chi connectivity index (χ4n) is 3.73. The Bertz CT molecular complexity index is 352. The molecule has 0 bridgehead atoms. The van der Waals surface area contributed by atoms with Crippen molar-refractivity contribution in [3.63, 3.8) is 0 Å². The fraction of sp³-hybridized carbons (Fsp3) is 0.867. The predicted octanol–water partition coefficient (Wildman–Crippen LogP) is 1.64. The molecule has 2 fully saturated rings. The maximum absolute atomic E-state index is 12.7. The van der Waals surface area contributed by atoms with Gasteiger partial charge in [-0.15, -0.1) is 0 Å². The first-order valence-electron chi connectivity index (χ1n) is 7.79. The molecule has 2 rings (SSSR count). The van der Waals surface area contributed by atoms with Crippen molar-refractivity contribution in [1.29, 1.82) is 0 Å². The van der Waals surface area contributed by atoms with Gasteiger partial charge in [-0.25, -0.2) is 0 Å². The highest BCUT2D eigenvalue weighted by Gasteiger charge is 2.39. The molecular formula is C15H25NO4. The summed E-state index contributed by atoms with van der Waals surface area (Å²) in [4.78, 5) is 25.9. The van der Waals surface area contributed by atoms with Crippen LogP contribution in [0.25, 0.3) is 0 Å². The van der Waals surface area contributed by atoms with Crippen molar-refractivity contribution >= 4 is 11.9 Å². The van der Waals surface area contributed by atoms with Crippen LogP contribution in [0, 0.1) is 11.8 Å². The van der Waals surface area contributed by atoms with Crippen LogP contribution in [0.15, 0.2) is 0 Å². The Balaban J connectivity index is 2.10. The lowest BCUT2D eigenvalue weighted by Crippen LogP contribution is -2.47. The Labute approximate surface area is 120 Å². The smallest absolute Gasteiger partial charge is 0.307 e. The summed E-state index contributed by atoms with van der Waals surface area (Å²) >= 11 is 0. The number of hydrogen-bond acceptors (Lipinski definition) is 3. The Hall–Kier alpha value is -1.10. The van der Waals surface area contributed by atoms with Gasteiger partial charge in [0.05, 0.1) is 18.4 Å². The van der Waals surface area contributed by atoms with Gasteiger partial charge >= 0.3 is 5.97 Å². The van der Waals surface area contributed by atoms with Gasteiger partial charge in [0.15, 0.2) is 0 Å². The number of hydrogen-bond donors (Lipinski definition) is 2. The normalized spacial score (nSPS) is 27.4. The van der Waals surface area contributed by atoms with Gasteiger partial charge < -0.3 is 15.1 Å². The molecule has 2 aliphatic rings. The average molecular weight is 283 g/mol. The molecule has 0 saturated heterocycles. The van der Waals surface area contributed by atoms with Crippen molar-refractivity contribution in [3.05, 3.63) is 0 Å². The second kappa shape index (κ2) is 7.07. The molecular weight excluding hydrogens is 258 g/mol. The number of carbonyl (C=O) groups excluding carboxylic acids is 1. The molecule has 2 atom stereocenters. The zero-order valence-electron chi connectivity index (χ0n) is 12.0. The first-order valence-corrected chi connectivity index (χ1v) is 7.79. The first kappa shape index (κ1) is 15.3. The largest absolute Gasteiger partial charge is 0.481 e. The van der Waals surface area contributed by atoms with Gasteiger partial charge in [0.2, 0.25) is 5.91 Å². The summed E-state index contributed by atoms with van der Waals surface area (Å²) < 4.78 is 0. The van der Waals surface area contributed by atoms with Gasteiger partial charge in [-0.1, -0.05) is 25.7 Å². The Morgan fingerprint density at radius 2 is 1.50 bits per heavy atom. The van der Waals surface area contributed by atoms with E-state index in [0.717, 1.165) is 38.5 Å². The lowest BCUT2D eigenvalue weighted by Gasteiger charge is -2.35. The number of carboxylic acid groups (broad SMARTS) is 1. The number of rotatable bonds is 5. The quantitative estimate of drug-likeness (QED) is 0.804. The van der Waals surface area contributed by atoms with Crippen molar-refractivity contribution < 1.29 is 19.8 Å². The van der Waals surface area contributed by atoms with Gasteiger partial charge in [0.25, 0.3) is 0 Å². The second-order valence-electron chi connectivity index (χ2n) is 6.03. The lowest BCUT2D eigenvalue weighted by molar-refractivity contribution is -0.153. The summed E-state index contributed by atoms with van der Waals surface area (Å²) in [5.41, 5.74) is 0. The van der Waals surface area contributed by atoms with Crippen LogP contribution in [0.4, 0.5) is 0 Å². The van der Waals surface area contributed by atoms with Crippen molar-refractivity contribution in [2.24, 2.45) is 11.8 Å². The van der Waals surface area contributed by atoms with Crippen LogP contribution in [-0.2, 0) is 9.59 Å². The minimum atomic E-state index is -0.849. The third-order valence-corrected chi connectivity index (χ3v) is 4.79. The summed E-state index contributed by atoms with van der Waals surface area (Å²) in [5, 5.41) is 18.5. The highest BCUT2D eigenvalue weighted by Crippen LogP contribution is 2.34. The Morgan fingerprint density at radius 3 is 2.05 bits per heavy atom. The van der Waals surface area contributed by atoms with Crippen LogP contribution in [0.3, 0.4) is 0 Å². The van der Waals surface area contributed by atoms with E-state index in [9.17, 15) is 19.8 Å². The van der Waals surface area contributed by atoms with Crippen molar-refractivity contribution in [2.75, 3.05) is 13.2 Å². The fourth-order valence-corrected chi connectivity index (χ4v) is 3.73. The van der Waals surface area contributed by atoms with Crippen LogP contribution in [0.5, 0.6) is 0 Å². The standard InChI is InChI=1S/C15H25NO4/c17-10-9-16(11-5-1-2-6-11)14(18)12-7-3-4-8-13(12)15(19)20/h11-13,17H,1-10H2,(H,19,20)/t12-,13+/m1/s1. The highest BCUT2D eigenvalue weighted by atomic mass is 16.4. The van der Waals surface area contributed by atoms with Crippen molar-refractivity contribution in [3.8, 4) is 0 Å². The molecule has 0 aromatic heterocycles. The summed E-state index contributed by atoms with van der Waals surface area (Å²) in [5.74, 6) is -1.83. The van der Waals surface area contributed by atoms with E-state index in [1.807, 2.05) is 0 Å². The SMILES string of the molecule is O=C(O)[C@H]1CCCC[C@H]1C(=O)N(CCO)C1CCCC1. The number of aliphatic hydroxyl groups is 1. The number of aliphatic carboxylic acids is 1. The molecule has 0 radical (unpaired) electrons. The molecule has 0 aromatic carbocycles. The van der Waals surface area contributed by atoms with Gasteiger partial charge in [-0.2, -0.15) is 0 Å². The van der Waals surface area contributed by atoms with Gasteiger partial charge in [0, 0.05) is 12.6 Å². The maximum Gasteiger partial charge on any atom is 0.307 e. The van der Waals surface area contributed by atoms with Crippen LogP contribution >= 0.6 is 0 Å². The predicted molar refractivity (Wildman–Crippen MR) is 74.1 cm³/mol. The van der Waals surface area contributed by atoms with E-state index in [1.165, 1.54) is 0 Å². The summed E-state index contributed by atoms with van der Waals surface area (Å²) in [7, 11) is 0. The summed E-state index contributed by atoms with van der Waals surface area (Å²) in [6.07, 6.45) is 7.29. The Morgan fingerprint density at radius 1 is 0.950 bits per heavy atom. The van der Waals surface area contributed by atoms with Crippen LogP contribution in [0.1, 0.15) is 51.4 Å². The molecule has 5 heteroatoms. The van der Waals surface area contributed by atoms with E-state index >= 15 is 0 Å². The molecule has 5 nitrogen and oxygen atoms in total. The molecule has 2 saturated carbocycles. The minimum absolute atomic E-state index is 0.0435. The zero-order valence-corrected chi connectivity index (χ0v) is 12.0.